The highest BCUT2D eigenvalue weighted by atomic mass is 16.1. The molecule has 0 spiro atoms. The summed E-state index contributed by atoms with van der Waals surface area (Å²) in [5.41, 5.74) is 7.77. The lowest BCUT2D eigenvalue weighted by Crippen LogP contribution is -2.42. The van der Waals surface area contributed by atoms with Gasteiger partial charge < -0.3 is 16.0 Å². The largest absolute Gasteiger partial charge is 0.399 e. The first-order valence-corrected chi connectivity index (χ1v) is 6.12. The predicted molar refractivity (Wildman–Crippen MR) is 74.5 cm³/mol. The number of aromatic nitrogens is 1. The van der Waals surface area contributed by atoms with Crippen LogP contribution in [0.1, 0.15) is 37.6 Å². The summed E-state index contributed by atoms with van der Waals surface area (Å²) in [6.45, 7) is 6.07. The zero-order valence-corrected chi connectivity index (χ0v) is 11.0. The number of carbonyl (C=O) groups is 1. The molecule has 0 fully saturated rings. The number of amides is 1. The zero-order chi connectivity index (χ0) is 13.3. The maximum absolute atomic E-state index is 12.2. The predicted octanol–water partition coefficient (Wildman–Crippen LogP) is 2.67. The molecule has 4 nitrogen and oxygen atoms in total. The lowest BCUT2D eigenvalue weighted by molar-refractivity contribution is 0.0913. The Morgan fingerprint density at radius 2 is 2.17 bits per heavy atom. The first-order valence-electron chi connectivity index (χ1n) is 6.12. The summed E-state index contributed by atoms with van der Waals surface area (Å²) in [7, 11) is 0. The molecule has 0 aliphatic rings. The minimum Gasteiger partial charge on any atom is -0.399 e. The van der Waals surface area contributed by atoms with Crippen LogP contribution in [0.5, 0.6) is 0 Å². The molecule has 1 aromatic carbocycles. The molecule has 0 bridgehead atoms. The minimum atomic E-state index is -0.207. The number of hydrogen-bond acceptors (Lipinski definition) is 2. The van der Waals surface area contributed by atoms with Gasteiger partial charge in [0.1, 0.15) is 0 Å². The molecule has 4 N–H and O–H groups in total. The number of benzene rings is 1. The van der Waals surface area contributed by atoms with E-state index in [1.807, 2.05) is 39.0 Å². The quantitative estimate of drug-likeness (QED) is 0.727. The van der Waals surface area contributed by atoms with Crippen molar-refractivity contribution in [2.75, 3.05) is 5.73 Å². The lowest BCUT2D eigenvalue weighted by atomic mass is 10.0. The number of hydrogen-bond donors (Lipinski definition) is 3. The van der Waals surface area contributed by atoms with Crippen molar-refractivity contribution in [3.8, 4) is 0 Å². The maximum atomic E-state index is 12.2. The molecule has 0 aliphatic carbocycles. The Morgan fingerprint density at radius 1 is 1.44 bits per heavy atom. The second-order valence-corrected chi connectivity index (χ2v) is 5.20. The van der Waals surface area contributed by atoms with Crippen LogP contribution in [0.4, 0.5) is 5.69 Å². The van der Waals surface area contributed by atoms with Gasteiger partial charge in [-0.15, -0.1) is 0 Å². The van der Waals surface area contributed by atoms with Crippen LogP contribution in [0.25, 0.3) is 10.9 Å². The van der Waals surface area contributed by atoms with Crippen LogP contribution in [-0.2, 0) is 0 Å². The van der Waals surface area contributed by atoms with Gasteiger partial charge in [0.2, 0.25) is 0 Å². The third kappa shape index (κ3) is 2.32. The van der Waals surface area contributed by atoms with E-state index in [0.717, 1.165) is 17.3 Å². The van der Waals surface area contributed by atoms with Crippen molar-refractivity contribution in [3.05, 3.63) is 30.0 Å². The summed E-state index contributed by atoms with van der Waals surface area (Å²) in [5.74, 6) is -0.0706. The average Bonchev–Trinajstić information content (AvgIpc) is 2.71. The first-order chi connectivity index (χ1) is 8.43. The highest BCUT2D eigenvalue weighted by Gasteiger charge is 2.20. The minimum absolute atomic E-state index is 0.0706. The summed E-state index contributed by atoms with van der Waals surface area (Å²) >= 11 is 0. The molecule has 2 aromatic rings. The Hall–Kier alpha value is -1.97. The second kappa shape index (κ2) is 4.37. The number of nitrogens with two attached hydrogens (primary N) is 1. The first kappa shape index (κ1) is 12.5. The SMILES string of the molecule is CCC(C)(C)NC(=O)c1c[nH]c2ccc(N)cc12. The number of anilines is 1. The van der Waals surface area contributed by atoms with Crippen molar-refractivity contribution in [1.82, 2.24) is 10.3 Å². The van der Waals surface area contributed by atoms with Crippen LogP contribution >= 0.6 is 0 Å². The van der Waals surface area contributed by atoms with Gasteiger partial charge >= 0.3 is 0 Å². The highest BCUT2D eigenvalue weighted by Crippen LogP contribution is 2.21. The molecule has 1 heterocycles. The second-order valence-electron chi connectivity index (χ2n) is 5.20. The number of aromatic amines is 1. The van der Waals surface area contributed by atoms with E-state index < -0.39 is 0 Å². The molecule has 0 aliphatic heterocycles. The van der Waals surface area contributed by atoms with E-state index in [2.05, 4.69) is 10.3 Å². The number of nitrogen functional groups attached to an aromatic ring is 1. The van der Waals surface area contributed by atoms with Crippen LogP contribution in [0, 0.1) is 0 Å². The third-order valence-electron chi connectivity index (χ3n) is 3.29. The van der Waals surface area contributed by atoms with Crippen molar-refractivity contribution >= 4 is 22.5 Å². The van der Waals surface area contributed by atoms with Gasteiger partial charge in [-0.25, -0.2) is 0 Å². The summed E-state index contributed by atoms with van der Waals surface area (Å²) < 4.78 is 0. The normalized spacial score (nSPS) is 11.7. The highest BCUT2D eigenvalue weighted by molar-refractivity contribution is 6.07. The van der Waals surface area contributed by atoms with Gasteiger partial charge in [-0.05, 0) is 38.5 Å². The maximum Gasteiger partial charge on any atom is 0.253 e. The van der Waals surface area contributed by atoms with Gasteiger partial charge in [0.15, 0.2) is 0 Å². The van der Waals surface area contributed by atoms with E-state index in [-0.39, 0.29) is 11.4 Å². The summed E-state index contributed by atoms with van der Waals surface area (Å²) in [5, 5.41) is 3.88. The number of H-pyrrole nitrogens is 1. The summed E-state index contributed by atoms with van der Waals surface area (Å²) in [6.07, 6.45) is 2.61. The number of carbonyl (C=O) groups excluding carboxylic acids is 1. The Labute approximate surface area is 107 Å². The van der Waals surface area contributed by atoms with Crippen molar-refractivity contribution in [2.45, 2.75) is 32.7 Å². The van der Waals surface area contributed by atoms with Crippen molar-refractivity contribution in [2.24, 2.45) is 0 Å². The smallest absolute Gasteiger partial charge is 0.253 e. The lowest BCUT2D eigenvalue weighted by Gasteiger charge is -2.24. The van der Waals surface area contributed by atoms with Crippen LogP contribution < -0.4 is 11.1 Å². The number of nitrogens with one attached hydrogen (secondary N) is 2. The van der Waals surface area contributed by atoms with Crippen LogP contribution in [0.15, 0.2) is 24.4 Å². The fourth-order valence-electron chi connectivity index (χ4n) is 1.79. The number of rotatable bonds is 3. The molecule has 0 saturated carbocycles. The molecular formula is C14H19N3O. The fraction of sp³-hybridized carbons (Fsp3) is 0.357. The van der Waals surface area contributed by atoms with E-state index in [9.17, 15) is 4.79 Å². The van der Waals surface area contributed by atoms with Crippen LogP contribution in [0.2, 0.25) is 0 Å². The molecule has 0 saturated heterocycles. The number of fused-ring (bicyclic) bond motifs is 1. The molecule has 1 amide bonds. The van der Waals surface area contributed by atoms with E-state index in [0.29, 0.717) is 11.3 Å². The fourth-order valence-corrected chi connectivity index (χ4v) is 1.79. The topological polar surface area (TPSA) is 70.9 Å². The molecule has 2 rings (SSSR count). The summed E-state index contributed by atoms with van der Waals surface area (Å²) in [6, 6.07) is 5.52. The molecule has 0 radical (unpaired) electrons. The van der Waals surface area contributed by atoms with E-state index in [1.165, 1.54) is 0 Å². The third-order valence-corrected chi connectivity index (χ3v) is 3.29. The van der Waals surface area contributed by atoms with Gasteiger partial charge in [-0.1, -0.05) is 6.92 Å². The van der Waals surface area contributed by atoms with Crippen molar-refractivity contribution in [1.29, 1.82) is 0 Å². The van der Waals surface area contributed by atoms with E-state index >= 15 is 0 Å². The molecule has 0 unspecified atom stereocenters. The van der Waals surface area contributed by atoms with Crippen LogP contribution in [-0.4, -0.2) is 16.4 Å². The Kier molecular flexibility index (Phi) is 3.03. The van der Waals surface area contributed by atoms with Crippen LogP contribution in [0.3, 0.4) is 0 Å². The summed E-state index contributed by atoms with van der Waals surface area (Å²) in [4.78, 5) is 15.3. The molecular weight excluding hydrogens is 226 g/mol. The molecule has 4 heteroatoms. The van der Waals surface area contributed by atoms with Gasteiger partial charge in [0, 0.05) is 28.3 Å². The molecule has 18 heavy (non-hydrogen) atoms. The van der Waals surface area contributed by atoms with Gasteiger partial charge in [0.25, 0.3) is 5.91 Å². The monoisotopic (exact) mass is 245 g/mol. The molecule has 0 atom stereocenters. The average molecular weight is 245 g/mol. The van der Waals surface area contributed by atoms with E-state index in [4.69, 9.17) is 5.73 Å². The Morgan fingerprint density at radius 3 is 2.83 bits per heavy atom. The Bertz CT molecular complexity index is 584. The van der Waals surface area contributed by atoms with Crippen molar-refractivity contribution in [3.63, 3.8) is 0 Å². The molecule has 1 aromatic heterocycles. The zero-order valence-electron chi connectivity index (χ0n) is 11.0. The Balaban J connectivity index is 2.36. The van der Waals surface area contributed by atoms with E-state index in [1.54, 1.807) is 6.20 Å². The van der Waals surface area contributed by atoms with Gasteiger partial charge in [-0.2, -0.15) is 0 Å². The van der Waals surface area contributed by atoms with Crippen molar-refractivity contribution < 1.29 is 4.79 Å². The molecule has 96 valence electrons. The van der Waals surface area contributed by atoms with Gasteiger partial charge in [0.05, 0.1) is 5.56 Å². The standard InChI is InChI=1S/C14H19N3O/c1-4-14(2,3)17-13(18)11-8-16-12-6-5-9(15)7-10(11)12/h5-8,16H,4,15H2,1-3H3,(H,17,18). The van der Waals surface area contributed by atoms with Gasteiger partial charge in [-0.3, -0.25) is 4.79 Å².